The summed E-state index contributed by atoms with van der Waals surface area (Å²) in [5.74, 6) is 0.363. The summed E-state index contributed by atoms with van der Waals surface area (Å²) in [5, 5.41) is 4.05. The van der Waals surface area contributed by atoms with E-state index >= 15 is 0 Å². The summed E-state index contributed by atoms with van der Waals surface area (Å²) in [7, 11) is 0. The Morgan fingerprint density at radius 3 is 2.76 bits per heavy atom. The molecule has 1 saturated heterocycles. The predicted octanol–water partition coefficient (Wildman–Crippen LogP) is 2.78. The third kappa shape index (κ3) is 1.80. The van der Waals surface area contributed by atoms with Gasteiger partial charge in [-0.2, -0.15) is 0 Å². The number of nitrogens with zero attached hydrogens (tertiary/aromatic N) is 1. The van der Waals surface area contributed by atoms with E-state index < -0.39 is 0 Å². The van der Waals surface area contributed by atoms with E-state index in [1.165, 1.54) is 0 Å². The molecule has 88 valence electrons. The molecule has 0 aliphatic carbocycles. The Balaban J connectivity index is 2.06. The summed E-state index contributed by atoms with van der Waals surface area (Å²) in [5.41, 5.74) is 8.58. The summed E-state index contributed by atoms with van der Waals surface area (Å²) < 4.78 is 10.7. The molecule has 0 spiro atoms. The number of hydrogen-bond donors (Lipinski definition) is 1. The normalized spacial score (nSPS) is 19.6. The van der Waals surface area contributed by atoms with Gasteiger partial charge in [0.15, 0.2) is 0 Å². The highest BCUT2D eigenvalue weighted by molar-refractivity contribution is 5.75. The van der Waals surface area contributed by atoms with Gasteiger partial charge < -0.3 is 15.0 Å². The molecule has 1 unspecified atom stereocenters. The smallest absolute Gasteiger partial charge is 0.230 e. The third-order valence-corrected chi connectivity index (χ3v) is 3.04. The van der Waals surface area contributed by atoms with Crippen LogP contribution in [-0.4, -0.2) is 11.8 Å². The summed E-state index contributed by atoms with van der Waals surface area (Å²) in [6.45, 7) is 0.783. The number of aromatic nitrogens is 1. The van der Waals surface area contributed by atoms with E-state index in [9.17, 15) is 0 Å². The van der Waals surface area contributed by atoms with Gasteiger partial charge in [-0.3, -0.25) is 0 Å². The second kappa shape index (κ2) is 4.22. The molecular weight excluding hydrogens is 216 g/mol. The monoisotopic (exact) mass is 230 g/mol. The summed E-state index contributed by atoms with van der Waals surface area (Å²) in [6, 6.07) is 9.92. The lowest BCUT2D eigenvalue weighted by atomic mass is 10.0. The van der Waals surface area contributed by atoms with E-state index in [1.807, 2.05) is 30.3 Å². The number of nitrogen functional groups attached to an aromatic ring is 1. The number of benzene rings is 1. The standard InChI is InChI=1S/C13H14N2O2/c14-13-11(9-5-2-1-3-6-9)12(15-17-13)10-7-4-8-16-10/h1-3,5-6,10H,4,7-8,14H2. The van der Waals surface area contributed by atoms with Gasteiger partial charge in [0.2, 0.25) is 5.88 Å². The van der Waals surface area contributed by atoms with Crippen LogP contribution in [0.4, 0.5) is 5.88 Å². The molecule has 1 aromatic carbocycles. The van der Waals surface area contributed by atoms with E-state index in [-0.39, 0.29) is 6.10 Å². The highest BCUT2D eigenvalue weighted by Crippen LogP contribution is 2.38. The van der Waals surface area contributed by atoms with Crippen LogP contribution in [-0.2, 0) is 4.74 Å². The van der Waals surface area contributed by atoms with E-state index in [4.69, 9.17) is 15.0 Å². The Morgan fingerprint density at radius 1 is 1.24 bits per heavy atom. The maximum Gasteiger partial charge on any atom is 0.230 e. The van der Waals surface area contributed by atoms with E-state index in [1.54, 1.807) is 0 Å². The molecule has 4 heteroatoms. The molecule has 1 aliphatic heterocycles. The van der Waals surface area contributed by atoms with Crippen molar-refractivity contribution >= 4 is 5.88 Å². The number of rotatable bonds is 2. The molecule has 2 N–H and O–H groups in total. The van der Waals surface area contributed by atoms with Crippen molar-refractivity contribution in [3.05, 3.63) is 36.0 Å². The fourth-order valence-electron chi connectivity index (χ4n) is 2.22. The van der Waals surface area contributed by atoms with Crippen LogP contribution in [0.2, 0.25) is 0 Å². The Morgan fingerprint density at radius 2 is 2.06 bits per heavy atom. The molecular formula is C13H14N2O2. The maximum absolute atomic E-state index is 5.86. The highest BCUT2D eigenvalue weighted by Gasteiger charge is 2.26. The number of hydrogen-bond acceptors (Lipinski definition) is 4. The molecule has 0 saturated carbocycles. The molecule has 0 radical (unpaired) electrons. The fourth-order valence-corrected chi connectivity index (χ4v) is 2.22. The molecule has 3 rings (SSSR count). The summed E-state index contributed by atoms with van der Waals surface area (Å²) in [6.07, 6.45) is 2.06. The van der Waals surface area contributed by atoms with Crippen molar-refractivity contribution in [3.63, 3.8) is 0 Å². The van der Waals surface area contributed by atoms with Crippen molar-refractivity contribution in [2.45, 2.75) is 18.9 Å². The van der Waals surface area contributed by atoms with Crippen molar-refractivity contribution in [1.82, 2.24) is 5.16 Å². The highest BCUT2D eigenvalue weighted by atomic mass is 16.5. The lowest BCUT2D eigenvalue weighted by Gasteiger charge is -2.08. The van der Waals surface area contributed by atoms with Crippen LogP contribution in [0.25, 0.3) is 11.1 Å². The van der Waals surface area contributed by atoms with E-state index in [2.05, 4.69) is 5.16 Å². The number of nitrogens with two attached hydrogens (primary N) is 1. The fraction of sp³-hybridized carbons (Fsp3) is 0.308. The summed E-state index contributed by atoms with van der Waals surface area (Å²) in [4.78, 5) is 0. The third-order valence-electron chi connectivity index (χ3n) is 3.04. The zero-order valence-corrected chi connectivity index (χ0v) is 9.43. The first-order valence-corrected chi connectivity index (χ1v) is 5.78. The number of ether oxygens (including phenoxy) is 1. The second-order valence-electron chi connectivity index (χ2n) is 4.17. The molecule has 4 nitrogen and oxygen atoms in total. The zero-order valence-electron chi connectivity index (χ0n) is 9.43. The molecule has 1 aromatic heterocycles. The molecule has 0 bridgehead atoms. The van der Waals surface area contributed by atoms with Crippen LogP contribution in [0, 0.1) is 0 Å². The van der Waals surface area contributed by atoms with Crippen LogP contribution in [0.3, 0.4) is 0 Å². The van der Waals surface area contributed by atoms with Gasteiger partial charge in [-0.15, -0.1) is 0 Å². The second-order valence-corrected chi connectivity index (χ2v) is 4.17. The van der Waals surface area contributed by atoms with Crippen LogP contribution >= 0.6 is 0 Å². The molecule has 17 heavy (non-hydrogen) atoms. The van der Waals surface area contributed by atoms with Gasteiger partial charge in [-0.05, 0) is 18.4 Å². The molecule has 0 amide bonds. The van der Waals surface area contributed by atoms with Crippen LogP contribution < -0.4 is 5.73 Å². The first-order chi connectivity index (χ1) is 8.36. The van der Waals surface area contributed by atoms with Gasteiger partial charge in [0.25, 0.3) is 0 Å². The molecule has 1 atom stereocenters. The number of anilines is 1. The molecule has 2 aromatic rings. The van der Waals surface area contributed by atoms with Crippen molar-refractivity contribution < 1.29 is 9.26 Å². The molecule has 2 heterocycles. The van der Waals surface area contributed by atoms with E-state index in [0.717, 1.165) is 36.3 Å². The van der Waals surface area contributed by atoms with Crippen LogP contribution in [0.5, 0.6) is 0 Å². The average Bonchev–Trinajstić information content (AvgIpc) is 2.98. The van der Waals surface area contributed by atoms with Crippen molar-refractivity contribution in [2.75, 3.05) is 12.3 Å². The first-order valence-electron chi connectivity index (χ1n) is 5.78. The minimum Gasteiger partial charge on any atom is -0.372 e. The maximum atomic E-state index is 5.86. The lowest BCUT2D eigenvalue weighted by molar-refractivity contribution is 0.106. The Bertz CT molecular complexity index is 501. The van der Waals surface area contributed by atoms with Gasteiger partial charge in [0.1, 0.15) is 11.8 Å². The van der Waals surface area contributed by atoms with Gasteiger partial charge in [0, 0.05) is 6.61 Å². The van der Waals surface area contributed by atoms with Gasteiger partial charge in [-0.1, -0.05) is 35.5 Å². The SMILES string of the molecule is Nc1onc(C2CCCO2)c1-c1ccccc1. The molecule has 1 aliphatic rings. The van der Waals surface area contributed by atoms with Gasteiger partial charge in [-0.25, -0.2) is 0 Å². The minimum atomic E-state index is 0.0197. The Labute approximate surface area is 99.4 Å². The summed E-state index contributed by atoms with van der Waals surface area (Å²) >= 11 is 0. The molecule has 1 fully saturated rings. The van der Waals surface area contributed by atoms with Crippen molar-refractivity contribution in [1.29, 1.82) is 0 Å². The van der Waals surface area contributed by atoms with Crippen LogP contribution in [0.1, 0.15) is 24.6 Å². The predicted molar refractivity (Wildman–Crippen MR) is 64.3 cm³/mol. The first kappa shape index (κ1) is 10.4. The average molecular weight is 230 g/mol. The van der Waals surface area contributed by atoms with Crippen molar-refractivity contribution in [2.24, 2.45) is 0 Å². The zero-order chi connectivity index (χ0) is 11.7. The van der Waals surface area contributed by atoms with Crippen molar-refractivity contribution in [3.8, 4) is 11.1 Å². The Kier molecular flexibility index (Phi) is 2.57. The Hall–Kier alpha value is -1.81. The minimum absolute atomic E-state index is 0.0197. The lowest BCUT2D eigenvalue weighted by Crippen LogP contribution is -1.99. The largest absolute Gasteiger partial charge is 0.372 e. The van der Waals surface area contributed by atoms with Crippen LogP contribution in [0.15, 0.2) is 34.9 Å². The topological polar surface area (TPSA) is 61.3 Å². The van der Waals surface area contributed by atoms with Gasteiger partial charge >= 0.3 is 0 Å². The van der Waals surface area contributed by atoms with Gasteiger partial charge in [0.05, 0.1) is 5.56 Å². The quantitative estimate of drug-likeness (QED) is 0.861. The van der Waals surface area contributed by atoms with E-state index in [0.29, 0.717) is 5.88 Å².